The van der Waals surface area contributed by atoms with Crippen LogP contribution in [0.4, 0.5) is 0 Å². The van der Waals surface area contributed by atoms with Crippen molar-refractivity contribution in [3.63, 3.8) is 0 Å². The van der Waals surface area contributed by atoms with Gasteiger partial charge in [0.1, 0.15) is 5.82 Å². The number of rotatable bonds is 3. The number of nitrogens with zero attached hydrogens (tertiary/aromatic N) is 2. The molecule has 0 fully saturated rings. The van der Waals surface area contributed by atoms with Gasteiger partial charge in [0.05, 0.1) is 5.94 Å². The van der Waals surface area contributed by atoms with E-state index < -0.39 is 0 Å². The van der Waals surface area contributed by atoms with Gasteiger partial charge in [-0.25, -0.2) is 4.98 Å². The molecule has 0 radical (unpaired) electrons. The van der Waals surface area contributed by atoms with E-state index in [0.717, 1.165) is 11.0 Å². The lowest BCUT2D eigenvalue weighted by Crippen LogP contribution is -1.82. The summed E-state index contributed by atoms with van der Waals surface area (Å²) >= 11 is 1.47. The first-order chi connectivity index (χ1) is 4.83. The zero-order valence-corrected chi connectivity index (χ0v) is 6.73. The molecule has 0 aliphatic carbocycles. The zero-order valence-electron chi connectivity index (χ0n) is 5.92. The molecular weight excluding hydrogens is 150 g/mol. The van der Waals surface area contributed by atoms with Crippen LogP contribution in [0.1, 0.15) is 5.82 Å². The lowest BCUT2D eigenvalue weighted by Gasteiger charge is -1.90. The summed E-state index contributed by atoms with van der Waals surface area (Å²) in [5, 5.41) is 7.38. The Bertz CT molecular complexity index is 201. The van der Waals surface area contributed by atoms with E-state index in [4.69, 9.17) is 4.74 Å². The number of nitrogens with one attached hydrogen (secondary N) is 1. The summed E-state index contributed by atoms with van der Waals surface area (Å²) < 4.78 is 4.82. The van der Waals surface area contributed by atoms with E-state index in [9.17, 15) is 0 Å². The predicted octanol–water partition coefficient (Wildman–Crippen LogP) is 0.809. The van der Waals surface area contributed by atoms with E-state index in [1.165, 1.54) is 11.8 Å². The van der Waals surface area contributed by atoms with Gasteiger partial charge in [0.25, 0.3) is 0 Å². The number of aromatic amines is 1. The largest absolute Gasteiger partial charge is 0.374 e. The van der Waals surface area contributed by atoms with Crippen LogP contribution in [0.2, 0.25) is 0 Å². The fraction of sp³-hybridized carbons (Fsp3) is 0.600. The van der Waals surface area contributed by atoms with Gasteiger partial charge in [0, 0.05) is 7.11 Å². The van der Waals surface area contributed by atoms with Gasteiger partial charge < -0.3 is 4.74 Å². The van der Waals surface area contributed by atoms with Gasteiger partial charge in [-0.3, -0.25) is 5.10 Å². The predicted molar refractivity (Wildman–Crippen MR) is 38.9 cm³/mol. The fourth-order valence-corrected chi connectivity index (χ4v) is 1.03. The summed E-state index contributed by atoms with van der Waals surface area (Å²) in [6.07, 6.45) is 0. The highest BCUT2D eigenvalue weighted by molar-refractivity contribution is 7.99. The van der Waals surface area contributed by atoms with Gasteiger partial charge in [-0.15, -0.1) is 5.10 Å². The van der Waals surface area contributed by atoms with Gasteiger partial charge in [-0.2, -0.15) is 0 Å². The van der Waals surface area contributed by atoms with Crippen LogP contribution in [0.3, 0.4) is 0 Å². The topological polar surface area (TPSA) is 50.8 Å². The molecule has 1 aromatic heterocycles. The second kappa shape index (κ2) is 3.58. The number of aromatic nitrogens is 3. The summed E-state index contributed by atoms with van der Waals surface area (Å²) in [7, 11) is 1.65. The van der Waals surface area contributed by atoms with Gasteiger partial charge >= 0.3 is 0 Å². The smallest absolute Gasteiger partial charge is 0.210 e. The molecule has 4 nitrogen and oxygen atoms in total. The van der Waals surface area contributed by atoms with Crippen LogP contribution in [0.15, 0.2) is 5.16 Å². The first-order valence-electron chi connectivity index (χ1n) is 2.83. The average molecular weight is 159 g/mol. The number of ether oxygens (including phenoxy) is 1. The molecule has 0 aromatic carbocycles. The van der Waals surface area contributed by atoms with Crippen molar-refractivity contribution in [2.45, 2.75) is 12.1 Å². The second-order valence-corrected chi connectivity index (χ2v) is 2.64. The molecule has 5 heteroatoms. The van der Waals surface area contributed by atoms with E-state index in [1.54, 1.807) is 7.11 Å². The van der Waals surface area contributed by atoms with Crippen molar-refractivity contribution in [2.24, 2.45) is 0 Å². The molecule has 0 bridgehead atoms. The average Bonchev–Trinajstić information content (AvgIpc) is 2.31. The van der Waals surface area contributed by atoms with Gasteiger partial charge in [0.2, 0.25) is 5.16 Å². The molecule has 1 rings (SSSR count). The number of thioether (sulfide) groups is 1. The van der Waals surface area contributed by atoms with Crippen LogP contribution < -0.4 is 0 Å². The Hall–Kier alpha value is -0.550. The lowest BCUT2D eigenvalue weighted by atomic mass is 10.8. The first-order valence-corrected chi connectivity index (χ1v) is 3.82. The molecule has 0 spiro atoms. The summed E-state index contributed by atoms with van der Waals surface area (Å²) in [6.45, 7) is 1.86. The summed E-state index contributed by atoms with van der Waals surface area (Å²) in [6, 6.07) is 0. The molecular formula is C5H9N3OS. The van der Waals surface area contributed by atoms with Crippen LogP contribution in [-0.4, -0.2) is 28.2 Å². The van der Waals surface area contributed by atoms with Gasteiger partial charge in [-0.1, -0.05) is 11.8 Å². The second-order valence-electron chi connectivity index (χ2n) is 1.75. The summed E-state index contributed by atoms with van der Waals surface area (Å²) in [4.78, 5) is 4.06. The Balaban J connectivity index is 2.42. The number of methoxy groups -OCH3 is 1. The fourth-order valence-electron chi connectivity index (χ4n) is 0.498. The maximum atomic E-state index is 4.82. The van der Waals surface area contributed by atoms with E-state index in [2.05, 4.69) is 15.2 Å². The number of hydrogen-bond acceptors (Lipinski definition) is 4. The van der Waals surface area contributed by atoms with Gasteiger partial charge in [0.15, 0.2) is 0 Å². The molecule has 1 aromatic rings. The molecule has 10 heavy (non-hydrogen) atoms. The van der Waals surface area contributed by atoms with Crippen molar-refractivity contribution in [1.82, 2.24) is 15.2 Å². The third kappa shape index (κ3) is 2.00. The van der Waals surface area contributed by atoms with Crippen molar-refractivity contribution in [3.8, 4) is 0 Å². The number of hydrogen-bond donors (Lipinski definition) is 1. The monoisotopic (exact) mass is 159 g/mol. The van der Waals surface area contributed by atoms with Crippen LogP contribution in [-0.2, 0) is 4.74 Å². The van der Waals surface area contributed by atoms with Crippen LogP contribution in [0.5, 0.6) is 0 Å². The third-order valence-electron chi connectivity index (χ3n) is 0.883. The number of aryl methyl sites for hydroxylation is 1. The van der Waals surface area contributed by atoms with E-state index >= 15 is 0 Å². The normalized spacial score (nSPS) is 10.2. The molecule has 56 valence electrons. The maximum absolute atomic E-state index is 4.82. The summed E-state index contributed by atoms with van der Waals surface area (Å²) in [5.41, 5.74) is 0. The van der Waals surface area contributed by atoms with Crippen molar-refractivity contribution >= 4 is 11.8 Å². The van der Waals surface area contributed by atoms with Crippen molar-refractivity contribution in [3.05, 3.63) is 5.82 Å². The molecule has 1 N–H and O–H groups in total. The Morgan fingerprint density at radius 3 is 3.00 bits per heavy atom. The standard InChI is InChI=1S/C5H9N3OS/c1-4-6-5(8-7-4)10-3-9-2/h3H2,1-2H3,(H,6,7,8). The highest BCUT2D eigenvalue weighted by Crippen LogP contribution is 2.10. The van der Waals surface area contributed by atoms with E-state index in [0.29, 0.717) is 5.94 Å². The van der Waals surface area contributed by atoms with E-state index in [-0.39, 0.29) is 0 Å². The highest BCUT2D eigenvalue weighted by atomic mass is 32.2. The molecule has 0 aliphatic heterocycles. The summed E-state index contributed by atoms with van der Waals surface area (Å²) in [5.74, 6) is 1.43. The molecule has 0 saturated heterocycles. The molecule has 0 saturated carbocycles. The van der Waals surface area contributed by atoms with Gasteiger partial charge in [-0.05, 0) is 6.92 Å². The first kappa shape index (κ1) is 7.56. The third-order valence-corrected chi connectivity index (χ3v) is 1.68. The van der Waals surface area contributed by atoms with E-state index in [1.807, 2.05) is 6.92 Å². The highest BCUT2D eigenvalue weighted by Gasteiger charge is 1.97. The molecule has 0 aliphatic rings. The Kier molecular flexibility index (Phi) is 2.70. The van der Waals surface area contributed by atoms with Crippen molar-refractivity contribution < 1.29 is 4.74 Å². The van der Waals surface area contributed by atoms with Crippen LogP contribution in [0.25, 0.3) is 0 Å². The molecule has 1 heterocycles. The molecule has 0 amide bonds. The minimum absolute atomic E-state index is 0.595. The Morgan fingerprint density at radius 2 is 2.50 bits per heavy atom. The van der Waals surface area contributed by atoms with Crippen LogP contribution in [0, 0.1) is 6.92 Å². The minimum atomic E-state index is 0.595. The SMILES string of the molecule is COCSc1n[nH]c(C)n1. The van der Waals surface area contributed by atoms with Crippen LogP contribution >= 0.6 is 11.8 Å². The van der Waals surface area contributed by atoms with Crippen molar-refractivity contribution in [1.29, 1.82) is 0 Å². The zero-order chi connectivity index (χ0) is 7.40. The lowest BCUT2D eigenvalue weighted by molar-refractivity contribution is 0.258. The maximum Gasteiger partial charge on any atom is 0.210 e. The van der Waals surface area contributed by atoms with Crippen molar-refractivity contribution in [2.75, 3.05) is 13.0 Å². The Morgan fingerprint density at radius 1 is 1.70 bits per heavy atom. The Labute approximate surface area is 63.4 Å². The molecule has 0 atom stereocenters. The number of H-pyrrole nitrogens is 1. The quantitative estimate of drug-likeness (QED) is 0.523. The molecule has 0 unspecified atom stereocenters. The minimum Gasteiger partial charge on any atom is -0.374 e.